The summed E-state index contributed by atoms with van der Waals surface area (Å²) in [4.78, 5) is 33.2. The van der Waals surface area contributed by atoms with E-state index < -0.39 is 0 Å². The number of aryl methyl sites for hydroxylation is 1. The first-order chi connectivity index (χ1) is 16.6. The predicted molar refractivity (Wildman–Crippen MR) is 138 cm³/mol. The summed E-state index contributed by atoms with van der Waals surface area (Å²) < 4.78 is 1.65. The van der Waals surface area contributed by atoms with E-state index in [4.69, 9.17) is 4.98 Å². The van der Waals surface area contributed by atoms with Crippen LogP contribution in [0.2, 0.25) is 0 Å². The van der Waals surface area contributed by atoms with Crippen LogP contribution < -0.4 is 15.8 Å². The molecular formula is C28H30N4O2. The highest BCUT2D eigenvalue weighted by atomic mass is 16.1. The van der Waals surface area contributed by atoms with Crippen LogP contribution in [0.25, 0.3) is 16.6 Å². The lowest BCUT2D eigenvalue weighted by Crippen LogP contribution is -2.32. The van der Waals surface area contributed by atoms with Gasteiger partial charge in [-0.2, -0.15) is 0 Å². The monoisotopic (exact) mass is 454 g/mol. The van der Waals surface area contributed by atoms with Crippen LogP contribution in [0.1, 0.15) is 36.2 Å². The lowest BCUT2D eigenvalue weighted by atomic mass is 10.1. The predicted octanol–water partition coefficient (Wildman–Crippen LogP) is 4.59. The van der Waals surface area contributed by atoms with Crippen LogP contribution in [0.3, 0.4) is 0 Å². The molecule has 34 heavy (non-hydrogen) atoms. The summed E-state index contributed by atoms with van der Waals surface area (Å²) in [5.74, 6) is 0.419. The van der Waals surface area contributed by atoms with Crippen molar-refractivity contribution in [3.05, 3.63) is 100 Å². The quantitative estimate of drug-likeness (QED) is 0.376. The number of hydrogen-bond acceptors (Lipinski definition) is 4. The van der Waals surface area contributed by atoms with Gasteiger partial charge in [0.1, 0.15) is 0 Å². The van der Waals surface area contributed by atoms with Gasteiger partial charge < -0.3 is 10.2 Å². The second-order valence-electron chi connectivity index (χ2n) is 8.14. The second-order valence-corrected chi connectivity index (χ2v) is 8.14. The minimum Gasteiger partial charge on any atom is -0.352 e. The molecule has 1 amide bonds. The summed E-state index contributed by atoms with van der Waals surface area (Å²) in [6.07, 6.45) is 1.77. The van der Waals surface area contributed by atoms with Crippen LogP contribution in [0.15, 0.2) is 83.7 Å². The van der Waals surface area contributed by atoms with Gasteiger partial charge in [-0.05, 0) is 62.6 Å². The molecule has 0 saturated heterocycles. The largest absolute Gasteiger partial charge is 0.352 e. The Balaban J connectivity index is 1.61. The summed E-state index contributed by atoms with van der Waals surface area (Å²) in [6.45, 7) is 6.08. The van der Waals surface area contributed by atoms with Crippen molar-refractivity contribution in [1.82, 2.24) is 14.9 Å². The SMILES string of the molecule is CCN(CC)c1nc2cc(C(=O)NCCCc3ccccc3)ccc2c(=O)n1-c1ccccc1. The summed E-state index contributed by atoms with van der Waals surface area (Å²) in [5, 5.41) is 3.47. The molecule has 6 heteroatoms. The number of amides is 1. The highest BCUT2D eigenvalue weighted by Crippen LogP contribution is 2.20. The number of rotatable bonds is 9. The minimum absolute atomic E-state index is 0.145. The van der Waals surface area contributed by atoms with E-state index in [2.05, 4.69) is 17.4 Å². The Kier molecular flexibility index (Phi) is 7.38. The van der Waals surface area contributed by atoms with Gasteiger partial charge in [-0.15, -0.1) is 0 Å². The highest BCUT2D eigenvalue weighted by molar-refractivity contribution is 5.97. The molecule has 0 fully saturated rings. The Bertz CT molecular complexity index is 1310. The van der Waals surface area contributed by atoms with E-state index >= 15 is 0 Å². The molecular weight excluding hydrogens is 424 g/mol. The first-order valence-corrected chi connectivity index (χ1v) is 11.8. The third-order valence-electron chi connectivity index (χ3n) is 5.95. The fourth-order valence-corrected chi connectivity index (χ4v) is 4.08. The number of benzene rings is 3. The number of nitrogens with one attached hydrogen (secondary N) is 1. The molecule has 6 nitrogen and oxygen atoms in total. The highest BCUT2D eigenvalue weighted by Gasteiger charge is 2.18. The molecule has 0 unspecified atom stereocenters. The maximum atomic E-state index is 13.5. The summed E-state index contributed by atoms with van der Waals surface area (Å²) in [7, 11) is 0. The van der Waals surface area contributed by atoms with Gasteiger partial charge in [-0.1, -0.05) is 48.5 Å². The molecule has 0 atom stereocenters. The average molecular weight is 455 g/mol. The molecule has 0 radical (unpaired) electrons. The maximum Gasteiger partial charge on any atom is 0.267 e. The van der Waals surface area contributed by atoms with Crippen LogP contribution >= 0.6 is 0 Å². The fraction of sp³-hybridized carbons (Fsp3) is 0.250. The molecule has 0 aliphatic heterocycles. The van der Waals surface area contributed by atoms with Gasteiger partial charge >= 0.3 is 0 Å². The summed E-state index contributed by atoms with van der Waals surface area (Å²) >= 11 is 0. The zero-order chi connectivity index (χ0) is 23.9. The summed E-state index contributed by atoms with van der Waals surface area (Å²) in [5.41, 5.74) is 2.90. The van der Waals surface area contributed by atoms with E-state index in [1.165, 1.54) is 5.56 Å². The maximum absolute atomic E-state index is 13.5. The van der Waals surface area contributed by atoms with Gasteiger partial charge in [-0.3, -0.25) is 9.59 Å². The van der Waals surface area contributed by atoms with Crippen molar-refractivity contribution in [3.8, 4) is 5.69 Å². The van der Waals surface area contributed by atoms with Gasteiger partial charge in [-0.25, -0.2) is 9.55 Å². The van der Waals surface area contributed by atoms with Crippen LogP contribution in [-0.2, 0) is 6.42 Å². The van der Waals surface area contributed by atoms with E-state index in [9.17, 15) is 9.59 Å². The number of fused-ring (bicyclic) bond motifs is 1. The summed E-state index contributed by atoms with van der Waals surface area (Å²) in [6, 6.07) is 24.9. The number of carbonyl (C=O) groups excluding carboxylic acids is 1. The van der Waals surface area contributed by atoms with Crippen LogP contribution in [0, 0.1) is 0 Å². The van der Waals surface area contributed by atoms with E-state index in [0.717, 1.165) is 18.5 Å². The molecule has 0 aliphatic carbocycles. The number of carbonyl (C=O) groups is 1. The lowest BCUT2D eigenvalue weighted by molar-refractivity contribution is 0.0953. The third-order valence-corrected chi connectivity index (χ3v) is 5.95. The molecule has 4 rings (SSSR count). The Morgan fingerprint density at radius 3 is 2.29 bits per heavy atom. The van der Waals surface area contributed by atoms with Crippen molar-refractivity contribution in [2.24, 2.45) is 0 Å². The first kappa shape index (κ1) is 23.2. The standard InChI is InChI=1S/C28H30N4O2/c1-3-31(4-2)28-30-25-20-22(26(33)29-19-11-14-21-12-7-5-8-13-21)17-18-24(25)27(34)32(28)23-15-9-6-10-16-23/h5-10,12-13,15-18,20H,3-4,11,14,19H2,1-2H3,(H,29,33). The molecule has 0 saturated carbocycles. The van der Waals surface area contributed by atoms with Crippen LogP contribution in [0.4, 0.5) is 5.95 Å². The number of anilines is 1. The van der Waals surface area contributed by atoms with Gasteiger partial charge in [0.15, 0.2) is 0 Å². The van der Waals surface area contributed by atoms with Gasteiger partial charge in [0, 0.05) is 25.2 Å². The zero-order valence-corrected chi connectivity index (χ0v) is 19.7. The molecule has 0 aliphatic rings. The van der Waals surface area contributed by atoms with Crippen molar-refractivity contribution in [2.45, 2.75) is 26.7 Å². The van der Waals surface area contributed by atoms with Crippen molar-refractivity contribution in [1.29, 1.82) is 0 Å². The Labute approximate surface area is 199 Å². The van der Waals surface area contributed by atoms with Gasteiger partial charge in [0.2, 0.25) is 5.95 Å². The smallest absolute Gasteiger partial charge is 0.267 e. The Morgan fingerprint density at radius 1 is 0.941 bits per heavy atom. The number of hydrogen-bond donors (Lipinski definition) is 1. The fourth-order valence-electron chi connectivity index (χ4n) is 4.08. The topological polar surface area (TPSA) is 67.2 Å². The van der Waals surface area contributed by atoms with Crippen molar-refractivity contribution in [2.75, 3.05) is 24.5 Å². The molecule has 0 bridgehead atoms. The third kappa shape index (κ3) is 5.01. The number of aromatic nitrogens is 2. The lowest BCUT2D eigenvalue weighted by Gasteiger charge is -2.24. The van der Waals surface area contributed by atoms with Gasteiger partial charge in [0.05, 0.1) is 16.6 Å². The van der Waals surface area contributed by atoms with Crippen LogP contribution in [-0.4, -0.2) is 35.1 Å². The first-order valence-electron chi connectivity index (χ1n) is 11.8. The minimum atomic E-state index is -0.159. The van der Waals surface area contributed by atoms with Crippen molar-refractivity contribution < 1.29 is 4.79 Å². The van der Waals surface area contributed by atoms with Crippen LogP contribution in [0.5, 0.6) is 0 Å². The Morgan fingerprint density at radius 2 is 1.62 bits per heavy atom. The van der Waals surface area contributed by atoms with Crippen molar-refractivity contribution in [3.63, 3.8) is 0 Å². The average Bonchev–Trinajstić information content (AvgIpc) is 2.88. The molecule has 1 heterocycles. The normalized spacial score (nSPS) is 10.9. The zero-order valence-electron chi connectivity index (χ0n) is 19.7. The van der Waals surface area contributed by atoms with Crippen molar-refractivity contribution >= 4 is 22.8 Å². The molecule has 0 spiro atoms. The number of para-hydroxylation sites is 1. The molecule has 174 valence electrons. The van der Waals surface area contributed by atoms with E-state index in [-0.39, 0.29) is 11.5 Å². The molecule has 4 aromatic rings. The molecule has 3 aromatic carbocycles. The molecule has 1 N–H and O–H groups in total. The van der Waals surface area contributed by atoms with Gasteiger partial charge in [0.25, 0.3) is 11.5 Å². The van der Waals surface area contributed by atoms with E-state index in [0.29, 0.717) is 42.0 Å². The molecule has 1 aromatic heterocycles. The second kappa shape index (κ2) is 10.8. The number of nitrogens with zero attached hydrogens (tertiary/aromatic N) is 3. The van der Waals surface area contributed by atoms with E-state index in [1.807, 2.05) is 67.3 Å². The Hall–Kier alpha value is -3.93. The van der Waals surface area contributed by atoms with E-state index in [1.54, 1.807) is 22.8 Å².